The molecule has 0 aliphatic heterocycles. The highest BCUT2D eigenvalue weighted by atomic mass is 35.5. The Balaban J connectivity index is 1.83. The molecule has 3 aromatic rings. The largest absolute Gasteiger partial charge is 0.381 e. The van der Waals surface area contributed by atoms with Crippen molar-refractivity contribution in [3.05, 3.63) is 64.3 Å². The quantitative estimate of drug-likeness (QED) is 0.692. The number of anilines is 1. The van der Waals surface area contributed by atoms with Gasteiger partial charge >= 0.3 is 0 Å². The van der Waals surface area contributed by atoms with E-state index in [1.807, 2.05) is 18.3 Å². The summed E-state index contributed by atoms with van der Waals surface area (Å²) in [6, 6.07) is 12.4. The zero-order valence-corrected chi connectivity index (χ0v) is 12.4. The van der Waals surface area contributed by atoms with Crippen LogP contribution < -0.4 is 5.32 Å². The topological polar surface area (TPSA) is 27.8 Å². The average Bonchev–Trinajstić information content (AvgIpc) is 2.80. The molecule has 102 valence electrons. The van der Waals surface area contributed by atoms with E-state index in [1.54, 1.807) is 0 Å². The van der Waals surface area contributed by atoms with E-state index >= 15 is 0 Å². The molecular formula is C17H17ClN2. The lowest BCUT2D eigenvalue weighted by molar-refractivity contribution is 1.15. The van der Waals surface area contributed by atoms with Crippen molar-refractivity contribution in [3.8, 4) is 0 Å². The molecule has 0 spiro atoms. The molecule has 0 amide bonds. The van der Waals surface area contributed by atoms with Crippen LogP contribution in [-0.4, -0.2) is 4.98 Å². The van der Waals surface area contributed by atoms with Crippen molar-refractivity contribution in [2.45, 2.75) is 20.4 Å². The molecule has 0 radical (unpaired) electrons. The predicted molar refractivity (Wildman–Crippen MR) is 86.6 cm³/mol. The lowest BCUT2D eigenvalue weighted by atomic mass is 10.1. The number of aromatic amines is 1. The van der Waals surface area contributed by atoms with Crippen molar-refractivity contribution in [2.24, 2.45) is 0 Å². The van der Waals surface area contributed by atoms with Gasteiger partial charge in [0.1, 0.15) is 0 Å². The third kappa shape index (κ3) is 2.52. The summed E-state index contributed by atoms with van der Waals surface area (Å²) in [5.41, 5.74) is 6.06. The number of benzene rings is 2. The molecule has 0 aliphatic rings. The average molecular weight is 285 g/mol. The number of hydrogen-bond donors (Lipinski definition) is 2. The van der Waals surface area contributed by atoms with E-state index in [-0.39, 0.29) is 0 Å². The highest BCUT2D eigenvalue weighted by Crippen LogP contribution is 2.23. The maximum atomic E-state index is 6.00. The molecule has 0 saturated carbocycles. The van der Waals surface area contributed by atoms with E-state index < -0.39 is 0 Å². The minimum Gasteiger partial charge on any atom is -0.381 e. The van der Waals surface area contributed by atoms with Crippen LogP contribution >= 0.6 is 11.6 Å². The van der Waals surface area contributed by atoms with E-state index in [2.05, 4.69) is 48.4 Å². The molecule has 2 aromatic carbocycles. The molecule has 1 aromatic heterocycles. The Morgan fingerprint density at radius 1 is 1.10 bits per heavy atom. The summed E-state index contributed by atoms with van der Waals surface area (Å²) in [5, 5.41) is 5.47. The molecule has 3 rings (SSSR count). The molecular weight excluding hydrogens is 268 g/mol. The first-order valence-corrected chi connectivity index (χ1v) is 7.08. The van der Waals surface area contributed by atoms with Gasteiger partial charge in [0, 0.05) is 34.4 Å². The normalized spacial score (nSPS) is 10.9. The van der Waals surface area contributed by atoms with Crippen LogP contribution in [0.2, 0.25) is 5.02 Å². The number of rotatable bonds is 3. The second kappa shape index (κ2) is 5.22. The minimum absolute atomic E-state index is 0.758. The van der Waals surface area contributed by atoms with Gasteiger partial charge in [-0.1, -0.05) is 35.4 Å². The molecule has 0 aliphatic carbocycles. The summed E-state index contributed by atoms with van der Waals surface area (Å²) in [7, 11) is 0. The summed E-state index contributed by atoms with van der Waals surface area (Å²) < 4.78 is 0. The molecule has 20 heavy (non-hydrogen) atoms. The SMILES string of the molecule is Cc1ccc(NCc2c[nH]c3cc(Cl)ccc23)c(C)c1. The fraction of sp³-hybridized carbons (Fsp3) is 0.176. The van der Waals surface area contributed by atoms with Gasteiger partial charge in [0.15, 0.2) is 0 Å². The van der Waals surface area contributed by atoms with Crippen molar-refractivity contribution < 1.29 is 0 Å². The molecule has 3 heteroatoms. The zero-order valence-electron chi connectivity index (χ0n) is 11.6. The van der Waals surface area contributed by atoms with Gasteiger partial charge in [-0.2, -0.15) is 0 Å². The van der Waals surface area contributed by atoms with Crippen LogP contribution in [0.5, 0.6) is 0 Å². The first-order valence-electron chi connectivity index (χ1n) is 6.70. The van der Waals surface area contributed by atoms with Crippen LogP contribution in [0.15, 0.2) is 42.6 Å². The van der Waals surface area contributed by atoms with Crippen LogP contribution in [0.4, 0.5) is 5.69 Å². The fourth-order valence-electron chi connectivity index (χ4n) is 2.51. The van der Waals surface area contributed by atoms with Crippen molar-refractivity contribution in [1.82, 2.24) is 4.98 Å². The second-order valence-electron chi connectivity index (χ2n) is 5.18. The molecule has 0 fully saturated rings. The van der Waals surface area contributed by atoms with Gasteiger partial charge in [-0.25, -0.2) is 0 Å². The Kier molecular flexibility index (Phi) is 3.41. The first kappa shape index (κ1) is 13.1. The Labute approximate surface area is 123 Å². The van der Waals surface area contributed by atoms with Gasteiger partial charge in [0.2, 0.25) is 0 Å². The maximum absolute atomic E-state index is 6.00. The Hall–Kier alpha value is -1.93. The van der Waals surface area contributed by atoms with E-state index in [1.165, 1.54) is 27.8 Å². The zero-order chi connectivity index (χ0) is 14.1. The van der Waals surface area contributed by atoms with Crippen molar-refractivity contribution in [3.63, 3.8) is 0 Å². The van der Waals surface area contributed by atoms with Crippen LogP contribution in [0.3, 0.4) is 0 Å². The number of hydrogen-bond acceptors (Lipinski definition) is 1. The monoisotopic (exact) mass is 284 g/mol. The number of nitrogens with one attached hydrogen (secondary N) is 2. The first-order chi connectivity index (χ1) is 9.63. The van der Waals surface area contributed by atoms with Crippen molar-refractivity contribution >= 4 is 28.2 Å². The second-order valence-corrected chi connectivity index (χ2v) is 5.61. The summed E-state index contributed by atoms with van der Waals surface area (Å²) in [4.78, 5) is 3.26. The Morgan fingerprint density at radius 3 is 2.75 bits per heavy atom. The van der Waals surface area contributed by atoms with Gasteiger partial charge in [0.25, 0.3) is 0 Å². The van der Waals surface area contributed by atoms with E-state index in [9.17, 15) is 0 Å². The maximum Gasteiger partial charge on any atom is 0.0472 e. The van der Waals surface area contributed by atoms with Gasteiger partial charge in [0.05, 0.1) is 0 Å². The van der Waals surface area contributed by atoms with Gasteiger partial charge < -0.3 is 10.3 Å². The molecule has 0 unspecified atom stereocenters. The molecule has 0 atom stereocenters. The third-order valence-corrected chi connectivity index (χ3v) is 3.82. The molecule has 2 N–H and O–H groups in total. The number of aromatic nitrogens is 1. The van der Waals surface area contributed by atoms with Crippen LogP contribution in [0, 0.1) is 13.8 Å². The number of fused-ring (bicyclic) bond motifs is 1. The van der Waals surface area contributed by atoms with Gasteiger partial charge in [-0.15, -0.1) is 0 Å². The van der Waals surface area contributed by atoms with Crippen LogP contribution in [0.1, 0.15) is 16.7 Å². The van der Waals surface area contributed by atoms with E-state index in [4.69, 9.17) is 11.6 Å². The standard InChI is InChI=1S/C17H17ClN2/c1-11-3-6-16(12(2)7-11)19-9-13-10-20-17-8-14(18)4-5-15(13)17/h3-8,10,19-20H,9H2,1-2H3. The molecule has 0 bridgehead atoms. The predicted octanol–water partition coefficient (Wildman–Crippen LogP) is 5.05. The van der Waals surface area contributed by atoms with E-state index in [0.29, 0.717) is 0 Å². The fourth-order valence-corrected chi connectivity index (χ4v) is 2.68. The highest BCUT2D eigenvalue weighted by molar-refractivity contribution is 6.31. The van der Waals surface area contributed by atoms with Crippen LogP contribution in [0.25, 0.3) is 10.9 Å². The van der Waals surface area contributed by atoms with Crippen molar-refractivity contribution in [1.29, 1.82) is 0 Å². The highest BCUT2D eigenvalue weighted by Gasteiger charge is 2.05. The van der Waals surface area contributed by atoms with Gasteiger partial charge in [-0.3, -0.25) is 0 Å². The van der Waals surface area contributed by atoms with Crippen LogP contribution in [-0.2, 0) is 6.54 Å². The summed E-state index contributed by atoms with van der Waals surface area (Å²) >= 11 is 6.00. The summed E-state index contributed by atoms with van der Waals surface area (Å²) in [6.07, 6.45) is 2.04. The molecule has 2 nitrogen and oxygen atoms in total. The lowest BCUT2D eigenvalue weighted by Gasteiger charge is -2.09. The summed E-state index contributed by atoms with van der Waals surface area (Å²) in [5.74, 6) is 0. The Morgan fingerprint density at radius 2 is 1.95 bits per heavy atom. The van der Waals surface area contributed by atoms with Gasteiger partial charge in [-0.05, 0) is 43.2 Å². The number of aryl methyl sites for hydroxylation is 2. The van der Waals surface area contributed by atoms with Crippen molar-refractivity contribution in [2.75, 3.05) is 5.32 Å². The Bertz CT molecular complexity index is 759. The number of H-pyrrole nitrogens is 1. The lowest BCUT2D eigenvalue weighted by Crippen LogP contribution is -2.00. The summed E-state index contributed by atoms with van der Waals surface area (Å²) in [6.45, 7) is 5.04. The smallest absolute Gasteiger partial charge is 0.0472 e. The molecule has 1 heterocycles. The number of halogens is 1. The third-order valence-electron chi connectivity index (χ3n) is 3.58. The van der Waals surface area contributed by atoms with E-state index in [0.717, 1.165) is 17.1 Å². The minimum atomic E-state index is 0.758. The molecule has 0 saturated heterocycles.